The van der Waals surface area contributed by atoms with Gasteiger partial charge in [-0.05, 0) is 42.5 Å². The summed E-state index contributed by atoms with van der Waals surface area (Å²) in [6, 6.07) is 9.69. The standard InChI is InChI=1S/C20H21N3O2S2/c1-12-6-7-15(9-13(12)2)17-11-27-20(22-17)23-19(25)10-16(21-14(3)24)18-5-4-8-26-18/h4-9,11,16H,10H2,1-3H3,(H,21,24)(H,22,23,25)/t16-/m0/s1. The monoisotopic (exact) mass is 399 g/mol. The molecule has 0 aliphatic carbocycles. The van der Waals surface area contributed by atoms with Crippen molar-refractivity contribution in [2.45, 2.75) is 33.2 Å². The average Bonchev–Trinajstić information content (AvgIpc) is 3.28. The van der Waals surface area contributed by atoms with E-state index >= 15 is 0 Å². The van der Waals surface area contributed by atoms with Crippen molar-refractivity contribution in [2.75, 3.05) is 5.32 Å². The van der Waals surface area contributed by atoms with Gasteiger partial charge in [0.25, 0.3) is 0 Å². The number of hydrogen-bond acceptors (Lipinski definition) is 5. The minimum atomic E-state index is -0.332. The Bertz CT molecular complexity index is 948. The van der Waals surface area contributed by atoms with E-state index in [-0.39, 0.29) is 24.3 Å². The van der Waals surface area contributed by atoms with Crippen molar-refractivity contribution in [3.8, 4) is 11.3 Å². The number of amides is 2. The Hall–Kier alpha value is -2.51. The van der Waals surface area contributed by atoms with Gasteiger partial charge in [-0.1, -0.05) is 18.2 Å². The van der Waals surface area contributed by atoms with Crippen LogP contribution in [0.5, 0.6) is 0 Å². The first-order chi connectivity index (χ1) is 12.9. The van der Waals surface area contributed by atoms with Crippen molar-refractivity contribution in [1.29, 1.82) is 0 Å². The number of hydrogen-bond donors (Lipinski definition) is 2. The van der Waals surface area contributed by atoms with Gasteiger partial charge in [0, 0.05) is 22.7 Å². The summed E-state index contributed by atoms with van der Waals surface area (Å²) in [6.45, 7) is 5.60. The second-order valence-electron chi connectivity index (χ2n) is 6.36. The minimum Gasteiger partial charge on any atom is -0.348 e. The highest BCUT2D eigenvalue weighted by atomic mass is 32.1. The molecule has 0 saturated carbocycles. The van der Waals surface area contributed by atoms with Crippen LogP contribution in [0.2, 0.25) is 0 Å². The second kappa shape index (κ2) is 8.45. The lowest BCUT2D eigenvalue weighted by atomic mass is 10.1. The normalized spacial score (nSPS) is 11.8. The summed E-state index contributed by atoms with van der Waals surface area (Å²) in [5.74, 6) is -0.337. The van der Waals surface area contributed by atoms with Crippen LogP contribution in [0.15, 0.2) is 41.1 Å². The van der Waals surface area contributed by atoms with Gasteiger partial charge in [0.15, 0.2) is 5.13 Å². The summed E-state index contributed by atoms with van der Waals surface area (Å²) >= 11 is 2.91. The van der Waals surface area contributed by atoms with E-state index < -0.39 is 0 Å². The minimum absolute atomic E-state index is 0.160. The van der Waals surface area contributed by atoms with Gasteiger partial charge >= 0.3 is 0 Å². The zero-order valence-corrected chi connectivity index (χ0v) is 17.0. The lowest BCUT2D eigenvalue weighted by Crippen LogP contribution is -2.29. The first-order valence-electron chi connectivity index (χ1n) is 8.56. The van der Waals surface area contributed by atoms with E-state index in [0.29, 0.717) is 5.13 Å². The number of anilines is 1. The first kappa shape index (κ1) is 19.3. The Morgan fingerprint density at radius 2 is 1.96 bits per heavy atom. The molecule has 0 aliphatic heterocycles. The van der Waals surface area contributed by atoms with Gasteiger partial charge in [-0.2, -0.15) is 0 Å². The summed E-state index contributed by atoms with van der Waals surface area (Å²) in [5, 5.41) is 10.1. The number of carbonyl (C=O) groups is 2. The van der Waals surface area contributed by atoms with Crippen molar-refractivity contribution in [3.05, 3.63) is 57.1 Å². The molecule has 0 bridgehead atoms. The lowest BCUT2D eigenvalue weighted by Gasteiger charge is -2.15. The predicted molar refractivity (Wildman–Crippen MR) is 111 cm³/mol. The van der Waals surface area contributed by atoms with Gasteiger partial charge < -0.3 is 10.6 Å². The van der Waals surface area contributed by atoms with E-state index in [9.17, 15) is 9.59 Å². The number of nitrogens with zero attached hydrogens (tertiary/aromatic N) is 1. The van der Waals surface area contributed by atoms with E-state index in [2.05, 4.69) is 41.6 Å². The molecule has 0 spiro atoms. The predicted octanol–water partition coefficient (Wildman–Crippen LogP) is 4.69. The smallest absolute Gasteiger partial charge is 0.228 e. The molecule has 2 N–H and O–H groups in total. The number of thiophene rings is 1. The highest BCUT2D eigenvalue weighted by Crippen LogP contribution is 2.27. The molecular formula is C20H21N3O2S2. The maximum atomic E-state index is 12.5. The van der Waals surface area contributed by atoms with Crippen LogP contribution in [0, 0.1) is 13.8 Å². The van der Waals surface area contributed by atoms with Gasteiger partial charge in [0.1, 0.15) is 0 Å². The molecule has 2 heterocycles. The van der Waals surface area contributed by atoms with Crippen molar-refractivity contribution in [3.63, 3.8) is 0 Å². The number of carbonyl (C=O) groups excluding carboxylic acids is 2. The van der Waals surface area contributed by atoms with Gasteiger partial charge in [0.05, 0.1) is 18.2 Å². The summed E-state index contributed by atoms with van der Waals surface area (Å²) in [5.41, 5.74) is 4.32. The van der Waals surface area contributed by atoms with Crippen molar-refractivity contribution in [2.24, 2.45) is 0 Å². The van der Waals surface area contributed by atoms with Gasteiger partial charge in [-0.3, -0.25) is 9.59 Å². The lowest BCUT2D eigenvalue weighted by molar-refractivity contribution is -0.120. The number of aryl methyl sites for hydroxylation is 2. The largest absolute Gasteiger partial charge is 0.348 e. The maximum Gasteiger partial charge on any atom is 0.228 e. The molecule has 2 amide bonds. The van der Waals surface area contributed by atoms with E-state index in [4.69, 9.17) is 0 Å². The van der Waals surface area contributed by atoms with E-state index in [1.54, 1.807) is 0 Å². The van der Waals surface area contributed by atoms with E-state index in [1.807, 2.05) is 29.0 Å². The zero-order valence-electron chi connectivity index (χ0n) is 15.4. The van der Waals surface area contributed by atoms with Gasteiger partial charge in [0.2, 0.25) is 11.8 Å². The third-order valence-corrected chi connectivity index (χ3v) is 5.95. The summed E-state index contributed by atoms with van der Waals surface area (Å²) in [6.07, 6.45) is 0.165. The SMILES string of the molecule is CC(=O)N[C@@H](CC(=O)Nc1nc(-c2ccc(C)c(C)c2)cs1)c1cccs1. The molecule has 7 heteroatoms. The summed E-state index contributed by atoms with van der Waals surface area (Å²) < 4.78 is 0. The van der Waals surface area contributed by atoms with Crippen LogP contribution in [-0.4, -0.2) is 16.8 Å². The number of nitrogens with one attached hydrogen (secondary N) is 2. The van der Waals surface area contributed by atoms with Crippen molar-refractivity contribution in [1.82, 2.24) is 10.3 Å². The number of rotatable bonds is 6. The van der Waals surface area contributed by atoms with E-state index in [0.717, 1.165) is 16.1 Å². The Morgan fingerprint density at radius 1 is 1.15 bits per heavy atom. The van der Waals surface area contributed by atoms with Gasteiger partial charge in [-0.25, -0.2) is 4.98 Å². The maximum absolute atomic E-state index is 12.5. The Balaban J connectivity index is 1.68. The van der Waals surface area contributed by atoms with Crippen molar-refractivity contribution >= 4 is 39.6 Å². The molecule has 140 valence electrons. The average molecular weight is 400 g/mol. The van der Waals surface area contributed by atoms with Gasteiger partial charge in [-0.15, -0.1) is 22.7 Å². The molecule has 0 aliphatic rings. The fraction of sp³-hybridized carbons (Fsp3) is 0.250. The van der Waals surface area contributed by atoms with Crippen LogP contribution in [0.25, 0.3) is 11.3 Å². The van der Waals surface area contributed by atoms with Crippen LogP contribution in [0.3, 0.4) is 0 Å². The third kappa shape index (κ3) is 5.02. The molecular weight excluding hydrogens is 378 g/mol. The molecule has 3 aromatic rings. The Kier molecular flexibility index (Phi) is 6.03. The summed E-state index contributed by atoms with van der Waals surface area (Å²) in [7, 11) is 0. The molecule has 27 heavy (non-hydrogen) atoms. The fourth-order valence-corrected chi connectivity index (χ4v) is 4.19. The molecule has 0 radical (unpaired) electrons. The Labute approximate surface area is 166 Å². The topological polar surface area (TPSA) is 71.1 Å². The van der Waals surface area contributed by atoms with Crippen LogP contribution in [0.4, 0.5) is 5.13 Å². The zero-order chi connectivity index (χ0) is 19.4. The van der Waals surface area contributed by atoms with Crippen LogP contribution < -0.4 is 10.6 Å². The highest BCUT2D eigenvalue weighted by molar-refractivity contribution is 7.14. The molecule has 5 nitrogen and oxygen atoms in total. The summed E-state index contributed by atoms with van der Waals surface area (Å²) in [4.78, 5) is 29.4. The number of thiazole rings is 1. The molecule has 1 atom stereocenters. The van der Waals surface area contributed by atoms with E-state index in [1.165, 1.54) is 40.7 Å². The van der Waals surface area contributed by atoms with Crippen LogP contribution in [-0.2, 0) is 9.59 Å². The first-order valence-corrected chi connectivity index (χ1v) is 10.3. The Morgan fingerprint density at radius 3 is 2.63 bits per heavy atom. The fourth-order valence-electron chi connectivity index (χ4n) is 2.68. The van der Waals surface area contributed by atoms with Crippen molar-refractivity contribution < 1.29 is 9.59 Å². The molecule has 0 fully saturated rings. The third-order valence-electron chi connectivity index (χ3n) is 4.21. The highest BCUT2D eigenvalue weighted by Gasteiger charge is 2.19. The molecule has 3 rings (SSSR count). The van der Waals surface area contributed by atoms with Crippen LogP contribution >= 0.6 is 22.7 Å². The molecule has 0 saturated heterocycles. The molecule has 2 aromatic heterocycles. The number of aromatic nitrogens is 1. The number of benzene rings is 1. The molecule has 1 aromatic carbocycles. The quantitative estimate of drug-likeness (QED) is 0.631. The molecule has 0 unspecified atom stereocenters. The second-order valence-corrected chi connectivity index (χ2v) is 8.20. The van der Waals surface area contributed by atoms with Crippen LogP contribution in [0.1, 0.15) is 35.4 Å².